The van der Waals surface area contributed by atoms with Gasteiger partial charge in [-0.25, -0.2) is 8.78 Å². The Morgan fingerprint density at radius 1 is 1.15 bits per heavy atom. The second-order valence-corrected chi connectivity index (χ2v) is 6.16. The van der Waals surface area contributed by atoms with E-state index in [1.807, 2.05) is 6.07 Å². The molecule has 104 valence electrons. The van der Waals surface area contributed by atoms with E-state index in [9.17, 15) is 13.6 Å². The van der Waals surface area contributed by atoms with Crippen LogP contribution in [0.5, 0.6) is 0 Å². The van der Waals surface area contributed by atoms with Crippen molar-refractivity contribution in [2.24, 2.45) is 0 Å². The van der Waals surface area contributed by atoms with Crippen LogP contribution < -0.4 is 5.32 Å². The fraction of sp³-hybridized carbons (Fsp3) is 0.0714. The van der Waals surface area contributed by atoms with Crippen molar-refractivity contribution in [1.82, 2.24) is 5.32 Å². The normalized spacial score (nSPS) is 10.4. The van der Waals surface area contributed by atoms with Crippen molar-refractivity contribution in [3.8, 4) is 0 Å². The minimum atomic E-state index is -0.924. The molecule has 2 nitrogen and oxygen atoms in total. The van der Waals surface area contributed by atoms with Crippen LogP contribution in [0.15, 0.2) is 40.9 Å². The number of nitrogens with one attached hydrogen (secondary N) is 1. The van der Waals surface area contributed by atoms with E-state index in [2.05, 4.69) is 43.8 Å². The Morgan fingerprint density at radius 2 is 1.90 bits per heavy atom. The van der Waals surface area contributed by atoms with Crippen molar-refractivity contribution in [3.63, 3.8) is 0 Å². The summed E-state index contributed by atoms with van der Waals surface area (Å²) in [6.45, 7) is 0.133. The van der Waals surface area contributed by atoms with Gasteiger partial charge in [-0.05, 0) is 74.4 Å². The summed E-state index contributed by atoms with van der Waals surface area (Å²) in [5.41, 5.74) is 0.999. The second-order valence-electron chi connectivity index (χ2n) is 4.06. The van der Waals surface area contributed by atoms with Crippen LogP contribution in [0.3, 0.4) is 0 Å². The number of halogens is 4. The summed E-state index contributed by atoms with van der Waals surface area (Å²) >= 11 is 5.42. The molecule has 0 aliphatic carbocycles. The lowest BCUT2D eigenvalue weighted by Gasteiger charge is -2.08. The van der Waals surface area contributed by atoms with E-state index in [0.717, 1.165) is 15.7 Å². The molecule has 20 heavy (non-hydrogen) atoms. The molecule has 0 saturated heterocycles. The Morgan fingerprint density at radius 3 is 2.60 bits per heavy atom. The molecule has 6 heteroatoms. The summed E-state index contributed by atoms with van der Waals surface area (Å²) < 4.78 is 27.5. The Balaban J connectivity index is 2.08. The van der Waals surface area contributed by atoms with Gasteiger partial charge in [0.1, 0.15) is 0 Å². The highest BCUT2D eigenvalue weighted by Gasteiger charge is 2.10. The topological polar surface area (TPSA) is 29.1 Å². The number of hydrogen-bond donors (Lipinski definition) is 1. The van der Waals surface area contributed by atoms with Gasteiger partial charge in [0.2, 0.25) is 0 Å². The highest BCUT2D eigenvalue weighted by atomic mass is 127. The highest BCUT2D eigenvalue weighted by Crippen LogP contribution is 2.19. The van der Waals surface area contributed by atoms with Gasteiger partial charge >= 0.3 is 0 Å². The number of hydrogen-bond acceptors (Lipinski definition) is 1. The van der Waals surface area contributed by atoms with Crippen LogP contribution in [-0.4, -0.2) is 5.91 Å². The van der Waals surface area contributed by atoms with E-state index in [0.29, 0.717) is 15.6 Å². The van der Waals surface area contributed by atoms with Gasteiger partial charge in [0.05, 0.1) is 5.56 Å². The maximum atomic E-state index is 13.0. The lowest BCUT2D eigenvalue weighted by atomic mass is 10.2. The molecular formula is C14H9BrF2INO. The van der Waals surface area contributed by atoms with Crippen LogP contribution >= 0.6 is 38.5 Å². The van der Waals surface area contributed by atoms with E-state index in [1.54, 1.807) is 12.1 Å². The summed E-state index contributed by atoms with van der Waals surface area (Å²) in [6, 6.07) is 8.94. The first-order valence-corrected chi connectivity index (χ1v) is 7.51. The van der Waals surface area contributed by atoms with E-state index >= 15 is 0 Å². The number of amides is 1. The summed E-state index contributed by atoms with van der Waals surface area (Å²) in [5.74, 6) is -2.10. The molecule has 0 aliphatic rings. The number of rotatable bonds is 3. The van der Waals surface area contributed by atoms with Crippen molar-refractivity contribution in [2.75, 3.05) is 0 Å². The standard InChI is InChI=1S/C14H9BrF2INO/c15-11-3-2-9(18)6-10(11)14(20)19-7-8-1-4-12(16)13(17)5-8/h1-6H,7H2,(H,19,20). The van der Waals surface area contributed by atoms with Gasteiger partial charge in [-0.2, -0.15) is 0 Å². The van der Waals surface area contributed by atoms with Crippen molar-refractivity contribution in [1.29, 1.82) is 0 Å². The first-order chi connectivity index (χ1) is 9.47. The molecule has 0 aromatic heterocycles. The van der Waals surface area contributed by atoms with E-state index in [4.69, 9.17) is 0 Å². The highest BCUT2D eigenvalue weighted by molar-refractivity contribution is 14.1. The third kappa shape index (κ3) is 3.76. The van der Waals surface area contributed by atoms with E-state index < -0.39 is 11.6 Å². The first kappa shape index (κ1) is 15.4. The van der Waals surface area contributed by atoms with Gasteiger partial charge in [-0.1, -0.05) is 6.07 Å². The van der Waals surface area contributed by atoms with E-state index in [-0.39, 0.29) is 12.5 Å². The summed E-state index contributed by atoms with van der Waals surface area (Å²) in [4.78, 5) is 12.0. The maximum Gasteiger partial charge on any atom is 0.252 e. The average molecular weight is 452 g/mol. The lowest BCUT2D eigenvalue weighted by molar-refractivity contribution is 0.0950. The molecule has 1 N–H and O–H groups in total. The Hall–Kier alpha value is -1.02. The molecule has 0 bridgehead atoms. The molecule has 0 heterocycles. The Bertz CT molecular complexity index is 664. The largest absolute Gasteiger partial charge is 0.348 e. The predicted octanol–water partition coefficient (Wildman–Crippen LogP) is 4.26. The van der Waals surface area contributed by atoms with Gasteiger partial charge in [0.15, 0.2) is 11.6 Å². The van der Waals surface area contributed by atoms with Gasteiger partial charge in [0, 0.05) is 14.6 Å². The van der Waals surface area contributed by atoms with Crippen molar-refractivity contribution >= 4 is 44.4 Å². The maximum absolute atomic E-state index is 13.0. The average Bonchev–Trinajstić information content (AvgIpc) is 2.42. The third-order valence-electron chi connectivity index (χ3n) is 2.61. The molecule has 0 atom stereocenters. The van der Waals surface area contributed by atoms with Crippen LogP contribution in [0, 0.1) is 15.2 Å². The van der Waals surface area contributed by atoms with Crippen LogP contribution in [-0.2, 0) is 6.54 Å². The fourth-order valence-corrected chi connectivity index (χ4v) is 2.52. The van der Waals surface area contributed by atoms with Gasteiger partial charge < -0.3 is 5.32 Å². The van der Waals surface area contributed by atoms with Crippen LogP contribution in [0.4, 0.5) is 8.78 Å². The SMILES string of the molecule is O=C(NCc1ccc(F)c(F)c1)c1cc(I)ccc1Br. The molecular weight excluding hydrogens is 443 g/mol. The van der Waals surface area contributed by atoms with Crippen molar-refractivity contribution in [3.05, 3.63) is 67.2 Å². The molecule has 0 fully saturated rings. The molecule has 1 amide bonds. The number of benzene rings is 2. The zero-order chi connectivity index (χ0) is 14.7. The number of carbonyl (C=O) groups is 1. The first-order valence-electron chi connectivity index (χ1n) is 5.64. The van der Waals surface area contributed by atoms with Crippen molar-refractivity contribution < 1.29 is 13.6 Å². The lowest BCUT2D eigenvalue weighted by Crippen LogP contribution is -2.23. The monoisotopic (exact) mass is 451 g/mol. The molecule has 0 spiro atoms. The van der Waals surface area contributed by atoms with Gasteiger partial charge in [-0.3, -0.25) is 4.79 Å². The minimum absolute atomic E-state index is 0.133. The second kappa shape index (κ2) is 6.62. The summed E-state index contributed by atoms with van der Waals surface area (Å²) in [5, 5.41) is 2.67. The van der Waals surface area contributed by atoms with E-state index in [1.165, 1.54) is 6.07 Å². The van der Waals surface area contributed by atoms with Crippen LogP contribution in [0.1, 0.15) is 15.9 Å². The molecule has 2 rings (SSSR count). The molecule has 0 radical (unpaired) electrons. The molecule has 2 aromatic rings. The van der Waals surface area contributed by atoms with Crippen LogP contribution in [0.25, 0.3) is 0 Å². The predicted molar refractivity (Wildman–Crippen MR) is 84.4 cm³/mol. The number of carbonyl (C=O) groups excluding carboxylic acids is 1. The van der Waals surface area contributed by atoms with Gasteiger partial charge in [-0.15, -0.1) is 0 Å². The minimum Gasteiger partial charge on any atom is -0.348 e. The van der Waals surface area contributed by atoms with Crippen molar-refractivity contribution in [2.45, 2.75) is 6.54 Å². The fourth-order valence-electron chi connectivity index (χ4n) is 1.60. The molecule has 2 aromatic carbocycles. The smallest absolute Gasteiger partial charge is 0.252 e. The summed E-state index contributed by atoms with van der Waals surface area (Å²) in [7, 11) is 0. The summed E-state index contributed by atoms with van der Waals surface area (Å²) in [6.07, 6.45) is 0. The molecule has 0 unspecified atom stereocenters. The third-order valence-corrected chi connectivity index (χ3v) is 3.97. The zero-order valence-corrected chi connectivity index (χ0v) is 13.8. The van der Waals surface area contributed by atoms with Gasteiger partial charge in [0.25, 0.3) is 5.91 Å². The Kier molecular flexibility index (Phi) is 5.09. The quantitative estimate of drug-likeness (QED) is 0.694. The zero-order valence-electron chi connectivity index (χ0n) is 10.1. The Labute approximate surface area is 136 Å². The van der Waals surface area contributed by atoms with Crippen LogP contribution in [0.2, 0.25) is 0 Å². The molecule has 0 saturated carbocycles. The molecule has 0 aliphatic heterocycles.